The number of carbonyl (C=O) groups is 3. The van der Waals surface area contributed by atoms with E-state index in [1.807, 2.05) is 13.8 Å². The van der Waals surface area contributed by atoms with Gasteiger partial charge in [0.05, 0.1) is 10.7 Å². The first-order valence-electron chi connectivity index (χ1n) is 7.93. The summed E-state index contributed by atoms with van der Waals surface area (Å²) in [5.74, 6) is -1.46. The normalized spacial score (nSPS) is 15.7. The molecule has 1 aliphatic heterocycles. The molecule has 0 aromatic heterocycles. The molecule has 0 bridgehead atoms. The summed E-state index contributed by atoms with van der Waals surface area (Å²) in [4.78, 5) is 37.1. The number of hydrogen-bond donors (Lipinski definition) is 2. The lowest BCUT2D eigenvalue weighted by molar-refractivity contribution is -0.139. The number of aliphatic carboxylic acids is 1. The van der Waals surface area contributed by atoms with Crippen LogP contribution >= 0.6 is 11.6 Å². The molecule has 2 N–H and O–H groups in total. The maximum atomic E-state index is 12.4. The van der Waals surface area contributed by atoms with Gasteiger partial charge in [0.15, 0.2) is 0 Å². The smallest absolute Gasteiger partial charge is 0.326 e. The summed E-state index contributed by atoms with van der Waals surface area (Å²) in [5, 5.41) is 12.2. The van der Waals surface area contributed by atoms with Crippen molar-refractivity contribution >= 4 is 35.1 Å². The third-order valence-electron chi connectivity index (χ3n) is 3.88. The molecule has 0 radical (unpaired) electrons. The largest absolute Gasteiger partial charge is 0.480 e. The Morgan fingerprint density at radius 2 is 2.08 bits per heavy atom. The lowest BCUT2D eigenvalue weighted by Gasteiger charge is -2.19. The van der Waals surface area contributed by atoms with Crippen LogP contribution in [-0.4, -0.2) is 35.5 Å². The van der Waals surface area contributed by atoms with Crippen molar-refractivity contribution in [2.45, 2.75) is 39.2 Å². The maximum absolute atomic E-state index is 12.4. The van der Waals surface area contributed by atoms with E-state index >= 15 is 0 Å². The average molecular weight is 353 g/mol. The van der Waals surface area contributed by atoms with E-state index in [-0.39, 0.29) is 17.4 Å². The van der Waals surface area contributed by atoms with E-state index in [2.05, 4.69) is 5.32 Å². The van der Waals surface area contributed by atoms with Gasteiger partial charge in [-0.1, -0.05) is 25.4 Å². The molecule has 24 heavy (non-hydrogen) atoms. The first-order valence-corrected chi connectivity index (χ1v) is 8.31. The van der Waals surface area contributed by atoms with Crippen molar-refractivity contribution in [3.63, 3.8) is 0 Å². The van der Waals surface area contributed by atoms with Gasteiger partial charge in [-0.15, -0.1) is 0 Å². The molecule has 1 aromatic rings. The van der Waals surface area contributed by atoms with E-state index in [9.17, 15) is 19.5 Å². The fourth-order valence-electron chi connectivity index (χ4n) is 2.70. The Kier molecular flexibility index (Phi) is 5.83. The zero-order valence-corrected chi connectivity index (χ0v) is 14.5. The average Bonchev–Trinajstić information content (AvgIpc) is 2.92. The number of rotatable bonds is 6. The minimum absolute atomic E-state index is 0.0299. The third-order valence-corrected chi connectivity index (χ3v) is 4.20. The molecule has 0 aliphatic carbocycles. The van der Waals surface area contributed by atoms with Gasteiger partial charge in [-0.2, -0.15) is 0 Å². The lowest BCUT2D eigenvalue weighted by Crippen LogP contribution is -2.41. The van der Waals surface area contributed by atoms with Crippen LogP contribution in [0.5, 0.6) is 0 Å². The van der Waals surface area contributed by atoms with Crippen LogP contribution in [-0.2, 0) is 9.59 Å². The molecule has 7 heteroatoms. The Morgan fingerprint density at radius 1 is 1.38 bits per heavy atom. The highest BCUT2D eigenvalue weighted by atomic mass is 35.5. The molecular formula is C17H21ClN2O4. The molecule has 0 spiro atoms. The quantitative estimate of drug-likeness (QED) is 0.824. The fraction of sp³-hybridized carbons (Fsp3) is 0.471. The van der Waals surface area contributed by atoms with E-state index in [0.29, 0.717) is 30.1 Å². The van der Waals surface area contributed by atoms with Gasteiger partial charge >= 0.3 is 5.97 Å². The van der Waals surface area contributed by atoms with Gasteiger partial charge in [-0.25, -0.2) is 4.79 Å². The Morgan fingerprint density at radius 3 is 2.62 bits per heavy atom. The Balaban J connectivity index is 2.20. The van der Waals surface area contributed by atoms with Crippen molar-refractivity contribution in [3.05, 3.63) is 28.8 Å². The Bertz CT molecular complexity index is 660. The van der Waals surface area contributed by atoms with Crippen LogP contribution in [0.15, 0.2) is 18.2 Å². The number of carboxylic acid groups (broad SMARTS) is 1. The highest BCUT2D eigenvalue weighted by Crippen LogP contribution is 2.30. The van der Waals surface area contributed by atoms with Gasteiger partial charge in [-0.05, 0) is 37.0 Å². The van der Waals surface area contributed by atoms with E-state index in [0.717, 1.165) is 6.42 Å². The van der Waals surface area contributed by atoms with E-state index < -0.39 is 17.9 Å². The van der Waals surface area contributed by atoms with Crippen molar-refractivity contribution in [3.8, 4) is 0 Å². The monoisotopic (exact) mass is 352 g/mol. The zero-order chi connectivity index (χ0) is 17.9. The van der Waals surface area contributed by atoms with Crippen LogP contribution in [0.1, 0.15) is 43.5 Å². The Hall–Kier alpha value is -2.08. The van der Waals surface area contributed by atoms with Gasteiger partial charge in [0.25, 0.3) is 5.91 Å². The minimum atomic E-state index is -1.07. The molecule has 1 aromatic carbocycles. The number of carbonyl (C=O) groups excluding carboxylic acids is 2. The van der Waals surface area contributed by atoms with Crippen LogP contribution in [0.4, 0.5) is 5.69 Å². The van der Waals surface area contributed by atoms with E-state index in [4.69, 9.17) is 11.6 Å². The van der Waals surface area contributed by atoms with E-state index in [1.165, 1.54) is 12.1 Å². The first-order chi connectivity index (χ1) is 11.3. The van der Waals surface area contributed by atoms with Crippen molar-refractivity contribution in [1.82, 2.24) is 5.32 Å². The standard InChI is InChI=1S/C17H21ClN2O4/c1-10(2)8-13(17(23)24)19-16(22)11-5-6-12(18)14(9-11)20-7-3-4-15(20)21/h5-6,9-10,13H,3-4,7-8H2,1-2H3,(H,19,22)(H,23,24). The van der Waals surface area contributed by atoms with Crippen LogP contribution in [0.25, 0.3) is 0 Å². The predicted molar refractivity (Wildman–Crippen MR) is 91.4 cm³/mol. The van der Waals surface area contributed by atoms with Gasteiger partial charge in [-0.3, -0.25) is 9.59 Å². The number of nitrogens with zero attached hydrogens (tertiary/aromatic N) is 1. The highest BCUT2D eigenvalue weighted by molar-refractivity contribution is 6.34. The Labute approximate surface area is 145 Å². The highest BCUT2D eigenvalue weighted by Gasteiger charge is 2.26. The number of amides is 2. The summed E-state index contributed by atoms with van der Waals surface area (Å²) >= 11 is 6.15. The summed E-state index contributed by atoms with van der Waals surface area (Å²) in [6, 6.07) is 3.66. The van der Waals surface area contributed by atoms with Gasteiger partial charge in [0.1, 0.15) is 6.04 Å². The SMILES string of the molecule is CC(C)CC(NC(=O)c1ccc(Cl)c(N2CCCC2=O)c1)C(=O)O. The second-order valence-corrected chi connectivity index (χ2v) is 6.72. The van der Waals surface area contributed by atoms with E-state index in [1.54, 1.807) is 11.0 Å². The third kappa shape index (κ3) is 4.26. The van der Waals surface area contributed by atoms with Crippen molar-refractivity contribution in [2.75, 3.05) is 11.4 Å². The number of nitrogens with one attached hydrogen (secondary N) is 1. The number of anilines is 1. The van der Waals surface area contributed by atoms with Crippen LogP contribution in [0, 0.1) is 5.92 Å². The molecule has 1 aliphatic rings. The molecule has 6 nitrogen and oxygen atoms in total. The molecule has 1 fully saturated rings. The predicted octanol–water partition coefficient (Wildman–Crippen LogP) is 2.70. The second kappa shape index (κ2) is 7.66. The zero-order valence-electron chi connectivity index (χ0n) is 13.7. The molecule has 1 unspecified atom stereocenters. The maximum Gasteiger partial charge on any atom is 0.326 e. The molecule has 1 atom stereocenters. The molecule has 0 saturated carbocycles. The van der Waals surface area contributed by atoms with Crippen LogP contribution in [0.2, 0.25) is 5.02 Å². The minimum Gasteiger partial charge on any atom is -0.480 e. The lowest BCUT2D eigenvalue weighted by atomic mass is 10.0. The number of carboxylic acids is 1. The molecule has 1 saturated heterocycles. The second-order valence-electron chi connectivity index (χ2n) is 6.31. The van der Waals surface area contributed by atoms with Gasteiger partial charge < -0.3 is 15.3 Å². The molecular weight excluding hydrogens is 332 g/mol. The summed E-state index contributed by atoms with van der Waals surface area (Å²) in [6.07, 6.45) is 1.55. The summed E-state index contributed by atoms with van der Waals surface area (Å²) in [7, 11) is 0. The van der Waals surface area contributed by atoms with Gasteiger partial charge in [0.2, 0.25) is 5.91 Å². The van der Waals surface area contributed by atoms with Gasteiger partial charge in [0, 0.05) is 18.5 Å². The first kappa shape index (κ1) is 18.3. The summed E-state index contributed by atoms with van der Waals surface area (Å²) in [5.41, 5.74) is 0.770. The number of benzene rings is 1. The van der Waals surface area contributed by atoms with Crippen molar-refractivity contribution < 1.29 is 19.5 Å². The topological polar surface area (TPSA) is 86.7 Å². The fourth-order valence-corrected chi connectivity index (χ4v) is 2.92. The van der Waals surface area contributed by atoms with Crippen LogP contribution in [0.3, 0.4) is 0 Å². The summed E-state index contributed by atoms with van der Waals surface area (Å²) in [6.45, 7) is 4.34. The molecule has 130 valence electrons. The summed E-state index contributed by atoms with van der Waals surface area (Å²) < 4.78 is 0. The number of hydrogen-bond acceptors (Lipinski definition) is 3. The number of halogens is 1. The molecule has 1 heterocycles. The van der Waals surface area contributed by atoms with Crippen molar-refractivity contribution in [2.24, 2.45) is 5.92 Å². The van der Waals surface area contributed by atoms with Crippen molar-refractivity contribution in [1.29, 1.82) is 0 Å². The molecule has 2 amide bonds. The van der Waals surface area contributed by atoms with Crippen LogP contribution < -0.4 is 10.2 Å². The molecule has 2 rings (SSSR count).